The molecule has 0 saturated carbocycles. The monoisotopic (exact) mass is 409 g/mol. The molecule has 0 aliphatic heterocycles. The van der Waals surface area contributed by atoms with Crippen molar-refractivity contribution >= 4 is 17.5 Å². The molecule has 5 nitrogen and oxygen atoms in total. The van der Waals surface area contributed by atoms with Crippen LogP contribution in [0.4, 0.5) is 0 Å². The van der Waals surface area contributed by atoms with Crippen molar-refractivity contribution in [2.45, 2.75) is 39.3 Å². The van der Waals surface area contributed by atoms with Gasteiger partial charge in [0.25, 0.3) is 5.56 Å². The number of rotatable bonds is 7. The van der Waals surface area contributed by atoms with Gasteiger partial charge in [-0.1, -0.05) is 67.9 Å². The maximum absolute atomic E-state index is 12.2. The molecule has 1 N–H and O–H groups in total. The lowest BCUT2D eigenvalue weighted by Gasteiger charge is -2.10. The van der Waals surface area contributed by atoms with Crippen molar-refractivity contribution in [2.75, 3.05) is 0 Å². The predicted molar refractivity (Wildman–Crippen MR) is 116 cm³/mol. The van der Waals surface area contributed by atoms with E-state index in [-0.39, 0.29) is 24.4 Å². The Kier molecular flexibility index (Phi) is 6.83. The first-order valence-electron chi connectivity index (χ1n) is 9.62. The highest BCUT2D eigenvalue weighted by Gasteiger charge is 2.08. The summed E-state index contributed by atoms with van der Waals surface area (Å²) in [5.41, 5.74) is 3.51. The van der Waals surface area contributed by atoms with Crippen LogP contribution in [0.15, 0.2) is 65.5 Å². The Bertz CT molecular complexity index is 1040. The van der Waals surface area contributed by atoms with Gasteiger partial charge in [0, 0.05) is 29.6 Å². The summed E-state index contributed by atoms with van der Waals surface area (Å²) < 4.78 is 1.33. The fourth-order valence-electron chi connectivity index (χ4n) is 2.93. The Labute approximate surface area is 175 Å². The van der Waals surface area contributed by atoms with Crippen molar-refractivity contribution in [1.82, 2.24) is 15.1 Å². The quantitative estimate of drug-likeness (QED) is 0.629. The van der Waals surface area contributed by atoms with E-state index in [0.29, 0.717) is 23.2 Å². The summed E-state index contributed by atoms with van der Waals surface area (Å²) in [6.07, 6.45) is 0.160. The second-order valence-electron chi connectivity index (χ2n) is 7.17. The van der Waals surface area contributed by atoms with Crippen LogP contribution < -0.4 is 10.9 Å². The average Bonchev–Trinajstić information content (AvgIpc) is 2.72. The van der Waals surface area contributed by atoms with Gasteiger partial charge >= 0.3 is 0 Å². The average molecular weight is 410 g/mol. The van der Waals surface area contributed by atoms with E-state index in [1.54, 1.807) is 12.1 Å². The third-order valence-electron chi connectivity index (χ3n) is 4.72. The van der Waals surface area contributed by atoms with Gasteiger partial charge in [-0.05, 0) is 29.2 Å². The summed E-state index contributed by atoms with van der Waals surface area (Å²) in [5, 5.41) is 7.86. The molecule has 3 rings (SSSR count). The first-order chi connectivity index (χ1) is 13.9. The number of amides is 1. The van der Waals surface area contributed by atoms with Crippen molar-refractivity contribution in [1.29, 1.82) is 0 Å². The van der Waals surface area contributed by atoms with E-state index in [2.05, 4.69) is 36.4 Å². The van der Waals surface area contributed by atoms with Gasteiger partial charge in [-0.15, -0.1) is 0 Å². The minimum absolute atomic E-state index is 0.160. The smallest absolute Gasteiger partial charge is 0.266 e. The summed E-state index contributed by atoms with van der Waals surface area (Å²) in [4.78, 5) is 24.3. The molecule has 1 amide bonds. The van der Waals surface area contributed by atoms with Crippen LogP contribution >= 0.6 is 11.6 Å². The van der Waals surface area contributed by atoms with E-state index in [4.69, 9.17) is 11.6 Å². The second kappa shape index (κ2) is 9.52. The fourth-order valence-corrected chi connectivity index (χ4v) is 3.14. The lowest BCUT2D eigenvalue weighted by Crippen LogP contribution is -2.28. The zero-order valence-electron chi connectivity index (χ0n) is 16.6. The molecule has 0 spiro atoms. The standard InChI is InChI=1S/C23H24ClN3O2/c1-16(2)17-7-9-18(10-8-17)21-11-12-23(29)27(26-21)14-13-22(28)25-15-19-5-3-4-6-20(19)24/h3-12,16H,13-15H2,1-2H3,(H,25,28). The number of carbonyl (C=O) groups excluding carboxylic acids is 1. The van der Waals surface area contributed by atoms with Crippen LogP contribution in [0.2, 0.25) is 5.02 Å². The summed E-state index contributed by atoms with van der Waals surface area (Å²) in [7, 11) is 0. The van der Waals surface area contributed by atoms with E-state index < -0.39 is 0 Å². The summed E-state index contributed by atoms with van der Waals surface area (Å²) in [6.45, 7) is 4.85. The highest BCUT2D eigenvalue weighted by Crippen LogP contribution is 2.20. The molecule has 0 bridgehead atoms. The number of aryl methyl sites for hydroxylation is 1. The normalized spacial score (nSPS) is 10.9. The van der Waals surface area contributed by atoms with Crippen LogP contribution in [-0.4, -0.2) is 15.7 Å². The van der Waals surface area contributed by atoms with Crippen molar-refractivity contribution in [2.24, 2.45) is 0 Å². The highest BCUT2D eigenvalue weighted by molar-refractivity contribution is 6.31. The third kappa shape index (κ3) is 5.55. The number of aromatic nitrogens is 2. The maximum Gasteiger partial charge on any atom is 0.266 e. The number of nitrogens with zero attached hydrogens (tertiary/aromatic N) is 2. The molecule has 0 unspecified atom stereocenters. The molecule has 29 heavy (non-hydrogen) atoms. The first-order valence-corrected chi connectivity index (χ1v) is 10.0. The van der Waals surface area contributed by atoms with Gasteiger partial charge in [0.15, 0.2) is 0 Å². The Morgan fingerprint density at radius 1 is 1.07 bits per heavy atom. The van der Waals surface area contributed by atoms with Crippen LogP contribution in [0.25, 0.3) is 11.3 Å². The molecule has 1 heterocycles. The molecule has 0 aliphatic carbocycles. The summed E-state index contributed by atoms with van der Waals surface area (Å²) in [6, 6.07) is 18.7. The van der Waals surface area contributed by atoms with Gasteiger partial charge in [0.2, 0.25) is 5.91 Å². The van der Waals surface area contributed by atoms with Gasteiger partial charge in [-0.2, -0.15) is 5.10 Å². The van der Waals surface area contributed by atoms with E-state index in [0.717, 1.165) is 11.1 Å². The van der Waals surface area contributed by atoms with Gasteiger partial charge in [-0.3, -0.25) is 9.59 Å². The predicted octanol–water partition coefficient (Wildman–Crippen LogP) is 4.39. The first kappa shape index (κ1) is 20.8. The number of halogens is 1. The third-order valence-corrected chi connectivity index (χ3v) is 5.09. The summed E-state index contributed by atoms with van der Waals surface area (Å²) >= 11 is 6.10. The molecule has 0 radical (unpaired) electrons. The molecule has 0 fully saturated rings. The Morgan fingerprint density at radius 2 is 1.79 bits per heavy atom. The number of hydrogen-bond acceptors (Lipinski definition) is 3. The largest absolute Gasteiger partial charge is 0.352 e. The highest BCUT2D eigenvalue weighted by atomic mass is 35.5. The van der Waals surface area contributed by atoms with Gasteiger partial charge in [0.05, 0.1) is 12.2 Å². The van der Waals surface area contributed by atoms with Crippen molar-refractivity contribution in [3.8, 4) is 11.3 Å². The molecule has 150 valence electrons. The molecule has 0 saturated heterocycles. The van der Waals surface area contributed by atoms with Crippen LogP contribution in [0.3, 0.4) is 0 Å². The van der Waals surface area contributed by atoms with E-state index in [1.165, 1.54) is 16.3 Å². The van der Waals surface area contributed by atoms with Crippen LogP contribution in [0, 0.1) is 0 Å². The topological polar surface area (TPSA) is 64.0 Å². The van der Waals surface area contributed by atoms with Crippen LogP contribution in [0.1, 0.15) is 37.3 Å². The molecular formula is C23H24ClN3O2. The molecular weight excluding hydrogens is 386 g/mol. The molecule has 1 aromatic heterocycles. The minimum Gasteiger partial charge on any atom is -0.352 e. The number of carbonyl (C=O) groups is 1. The summed E-state index contributed by atoms with van der Waals surface area (Å²) in [5.74, 6) is 0.292. The number of hydrogen-bond donors (Lipinski definition) is 1. The van der Waals surface area contributed by atoms with Crippen LogP contribution in [0.5, 0.6) is 0 Å². The SMILES string of the molecule is CC(C)c1ccc(-c2ccc(=O)n(CCC(=O)NCc3ccccc3Cl)n2)cc1. The fraction of sp³-hybridized carbons (Fsp3) is 0.261. The Morgan fingerprint density at radius 3 is 2.48 bits per heavy atom. The van der Waals surface area contributed by atoms with E-state index in [9.17, 15) is 9.59 Å². The van der Waals surface area contributed by atoms with Crippen molar-refractivity contribution in [3.63, 3.8) is 0 Å². The lowest BCUT2D eigenvalue weighted by molar-refractivity contribution is -0.121. The van der Waals surface area contributed by atoms with Gasteiger partial charge in [0.1, 0.15) is 0 Å². The van der Waals surface area contributed by atoms with E-state index >= 15 is 0 Å². The molecule has 3 aromatic rings. The molecule has 6 heteroatoms. The van der Waals surface area contributed by atoms with E-state index in [1.807, 2.05) is 30.3 Å². The number of benzene rings is 2. The zero-order chi connectivity index (χ0) is 20.8. The van der Waals surface area contributed by atoms with Crippen molar-refractivity contribution in [3.05, 3.63) is 87.2 Å². The lowest BCUT2D eigenvalue weighted by atomic mass is 10.0. The van der Waals surface area contributed by atoms with Gasteiger partial charge < -0.3 is 5.32 Å². The number of nitrogens with one attached hydrogen (secondary N) is 1. The molecule has 0 aliphatic rings. The molecule has 2 aromatic carbocycles. The van der Waals surface area contributed by atoms with Crippen LogP contribution in [-0.2, 0) is 17.9 Å². The van der Waals surface area contributed by atoms with Crippen molar-refractivity contribution < 1.29 is 4.79 Å². The maximum atomic E-state index is 12.2. The Hall–Kier alpha value is -2.92. The second-order valence-corrected chi connectivity index (χ2v) is 7.58. The molecule has 0 atom stereocenters. The van der Waals surface area contributed by atoms with Gasteiger partial charge in [-0.25, -0.2) is 4.68 Å². The Balaban J connectivity index is 1.63. The zero-order valence-corrected chi connectivity index (χ0v) is 17.3. The minimum atomic E-state index is -0.230.